The topological polar surface area (TPSA) is 65.0 Å². The number of aromatic nitrogens is 3. The molecule has 0 saturated carbocycles. The van der Waals surface area contributed by atoms with Gasteiger partial charge in [-0.05, 0) is 98.2 Å². The van der Waals surface area contributed by atoms with Gasteiger partial charge in [-0.3, -0.25) is 0 Å². The highest BCUT2D eigenvalue weighted by Crippen LogP contribution is 2.45. The maximum absolute atomic E-state index is 6.65. The van der Waals surface area contributed by atoms with Crippen molar-refractivity contribution in [3.05, 3.63) is 205 Å². The van der Waals surface area contributed by atoms with E-state index in [4.69, 9.17) is 23.8 Å². The highest BCUT2D eigenvalue weighted by atomic mass is 16.3. The smallest absolute Gasteiger partial charge is 0.164 e. The van der Waals surface area contributed by atoms with Gasteiger partial charge in [-0.2, -0.15) is 0 Å². The molecule has 1 aliphatic carbocycles. The SMILES string of the molecule is C1=CC(c2cc(-c3ccc(-c4nc(-c5ccc6ccccc6c5)nc(-c5cccc6oc7ccccc7c56)n4)c4ccccc34)c3c(c2)oc2ccccc23)Cc2ccccc21. The molecule has 3 aromatic heterocycles. The van der Waals surface area contributed by atoms with Crippen LogP contribution in [0, 0.1) is 0 Å². The molecule has 62 heavy (non-hydrogen) atoms. The van der Waals surface area contributed by atoms with Crippen LogP contribution in [-0.4, -0.2) is 15.0 Å². The molecule has 1 unspecified atom stereocenters. The third-order valence-electron chi connectivity index (χ3n) is 12.7. The van der Waals surface area contributed by atoms with Crippen molar-refractivity contribution in [1.82, 2.24) is 15.0 Å². The van der Waals surface area contributed by atoms with Crippen molar-refractivity contribution in [3.8, 4) is 45.3 Å². The van der Waals surface area contributed by atoms with Crippen molar-refractivity contribution in [1.29, 1.82) is 0 Å². The van der Waals surface area contributed by atoms with E-state index in [2.05, 4.69) is 158 Å². The fraction of sp³-hybridized carbons (Fsp3) is 0.0351. The van der Waals surface area contributed by atoms with Crippen molar-refractivity contribution < 1.29 is 8.83 Å². The van der Waals surface area contributed by atoms with Crippen LogP contribution in [0.25, 0.3) is 117 Å². The van der Waals surface area contributed by atoms with Crippen molar-refractivity contribution >= 4 is 71.5 Å². The molecule has 290 valence electrons. The van der Waals surface area contributed by atoms with Crippen LogP contribution in [0.4, 0.5) is 0 Å². The number of nitrogens with zero attached hydrogens (tertiary/aromatic N) is 3. The van der Waals surface area contributed by atoms with Crippen LogP contribution in [0.15, 0.2) is 197 Å². The zero-order valence-electron chi connectivity index (χ0n) is 33.4. The summed E-state index contributed by atoms with van der Waals surface area (Å²) in [4.78, 5) is 15.9. The zero-order valence-corrected chi connectivity index (χ0v) is 33.4. The number of hydrogen-bond donors (Lipinski definition) is 0. The van der Waals surface area contributed by atoms with Gasteiger partial charge in [0.25, 0.3) is 0 Å². The van der Waals surface area contributed by atoms with E-state index in [1.165, 1.54) is 16.7 Å². The monoisotopic (exact) mass is 793 g/mol. The lowest BCUT2D eigenvalue weighted by molar-refractivity contribution is 0.667. The average molecular weight is 794 g/mol. The molecule has 13 rings (SSSR count). The molecule has 0 spiro atoms. The molecule has 0 amide bonds. The van der Waals surface area contributed by atoms with Crippen LogP contribution >= 0.6 is 0 Å². The fourth-order valence-electron chi connectivity index (χ4n) is 9.70. The largest absolute Gasteiger partial charge is 0.456 e. The predicted octanol–water partition coefficient (Wildman–Crippen LogP) is 15.0. The van der Waals surface area contributed by atoms with Gasteiger partial charge in [0, 0.05) is 44.2 Å². The summed E-state index contributed by atoms with van der Waals surface area (Å²) in [6.07, 6.45) is 5.54. The van der Waals surface area contributed by atoms with Crippen LogP contribution in [0.3, 0.4) is 0 Å². The summed E-state index contributed by atoms with van der Waals surface area (Å²) in [6, 6.07) is 63.8. The summed E-state index contributed by atoms with van der Waals surface area (Å²) in [5.41, 5.74) is 12.3. The number of benzene rings is 9. The van der Waals surface area contributed by atoms with Gasteiger partial charge >= 0.3 is 0 Å². The molecule has 0 radical (unpaired) electrons. The Bertz CT molecular complexity index is 3820. The van der Waals surface area contributed by atoms with E-state index in [1.54, 1.807) is 0 Å². The van der Waals surface area contributed by atoms with E-state index in [-0.39, 0.29) is 5.92 Å². The molecular formula is C57H35N3O2. The maximum atomic E-state index is 6.65. The molecule has 0 N–H and O–H groups in total. The highest BCUT2D eigenvalue weighted by molar-refractivity contribution is 6.17. The van der Waals surface area contributed by atoms with E-state index in [0.29, 0.717) is 17.5 Å². The van der Waals surface area contributed by atoms with Gasteiger partial charge in [-0.1, -0.05) is 152 Å². The molecule has 0 bridgehead atoms. The molecule has 5 nitrogen and oxygen atoms in total. The van der Waals surface area contributed by atoms with Crippen LogP contribution in [0.5, 0.6) is 0 Å². The molecule has 1 aliphatic rings. The Morgan fingerprint density at radius 3 is 1.84 bits per heavy atom. The van der Waals surface area contributed by atoms with Gasteiger partial charge in [0.2, 0.25) is 0 Å². The average Bonchev–Trinajstić information content (AvgIpc) is 3.92. The summed E-state index contributed by atoms with van der Waals surface area (Å²) in [5, 5.41) is 8.67. The van der Waals surface area contributed by atoms with Crippen LogP contribution in [0.2, 0.25) is 0 Å². The van der Waals surface area contributed by atoms with Crippen molar-refractivity contribution in [2.45, 2.75) is 12.3 Å². The highest BCUT2D eigenvalue weighted by Gasteiger charge is 2.23. The lowest BCUT2D eigenvalue weighted by atomic mass is 9.83. The van der Waals surface area contributed by atoms with Crippen molar-refractivity contribution in [2.75, 3.05) is 0 Å². The standard InChI is InChI=1S/C57H35N3O2/c1-3-14-36-30-38(26-24-34(36)12-1)40-32-48(54-46-19-8-10-22-50(46)62-52(54)33-40)43-28-29-44(42-17-6-5-16-41(42)43)56-58-55(39-27-25-35-13-2-4-15-37(35)31-39)59-57(60-56)47-20-11-23-51-53(47)45-18-7-9-21-49(45)61-51/h1-29,31-33,38H,30H2. The fourth-order valence-corrected chi connectivity index (χ4v) is 9.70. The van der Waals surface area contributed by atoms with E-state index in [0.717, 1.165) is 99.7 Å². The molecular weight excluding hydrogens is 759 g/mol. The zero-order chi connectivity index (χ0) is 40.7. The van der Waals surface area contributed by atoms with Gasteiger partial charge in [0.1, 0.15) is 22.3 Å². The van der Waals surface area contributed by atoms with Crippen LogP contribution in [0.1, 0.15) is 22.6 Å². The lowest BCUT2D eigenvalue weighted by Gasteiger charge is -2.21. The Morgan fingerprint density at radius 2 is 1.02 bits per heavy atom. The minimum Gasteiger partial charge on any atom is -0.456 e. The van der Waals surface area contributed by atoms with E-state index < -0.39 is 0 Å². The number of fused-ring (bicyclic) bond motifs is 9. The first-order valence-electron chi connectivity index (χ1n) is 21.1. The Labute approximate surface area is 356 Å². The number of allylic oxidation sites excluding steroid dienone is 1. The molecule has 12 aromatic rings. The predicted molar refractivity (Wildman–Crippen MR) is 253 cm³/mol. The number of hydrogen-bond acceptors (Lipinski definition) is 5. The summed E-state index contributed by atoms with van der Waals surface area (Å²) < 4.78 is 13.0. The van der Waals surface area contributed by atoms with Gasteiger partial charge in [0.05, 0.1) is 0 Å². The third-order valence-corrected chi connectivity index (χ3v) is 12.7. The molecule has 5 heteroatoms. The first kappa shape index (κ1) is 34.7. The molecule has 0 saturated heterocycles. The molecule has 3 heterocycles. The number of rotatable bonds is 5. The van der Waals surface area contributed by atoms with Crippen LogP contribution < -0.4 is 0 Å². The Morgan fingerprint density at radius 1 is 0.403 bits per heavy atom. The lowest BCUT2D eigenvalue weighted by Crippen LogP contribution is -2.06. The first-order chi connectivity index (χ1) is 30.7. The van der Waals surface area contributed by atoms with Gasteiger partial charge < -0.3 is 8.83 Å². The van der Waals surface area contributed by atoms with Crippen LogP contribution in [-0.2, 0) is 6.42 Å². The van der Waals surface area contributed by atoms with E-state index in [9.17, 15) is 0 Å². The second-order valence-corrected chi connectivity index (χ2v) is 16.3. The number of para-hydroxylation sites is 2. The first-order valence-corrected chi connectivity index (χ1v) is 21.1. The van der Waals surface area contributed by atoms with E-state index in [1.807, 2.05) is 36.4 Å². The molecule has 9 aromatic carbocycles. The molecule has 0 aliphatic heterocycles. The van der Waals surface area contributed by atoms with Crippen molar-refractivity contribution in [2.24, 2.45) is 0 Å². The normalized spacial score (nSPS) is 13.8. The van der Waals surface area contributed by atoms with E-state index >= 15 is 0 Å². The van der Waals surface area contributed by atoms with Gasteiger partial charge in [0.15, 0.2) is 17.5 Å². The second kappa shape index (κ2) is 13.7. The number of furan rings is 2. The second-order valence-electron chi connectivity index (χ2n) is 16.3. The quantitative estimate of drug-likeness (QED) is 0.174. The summed E-state index contributed by atoms with van der Waals surface area (Å²) in [7, 11) is 0. The van der Waals surface area contributed by atoms with Gasteiger partial charge in [-0.25, -0.2) is 15.0 Å². The minimum absolute atomic E-state index is 0.209. The third kappa shape index (κ3) is 5.52. The minimum atomic E-state index is 0.209. The summed E-state index contributed by atoms with van der Waals surface area (Å²) >= 11 is 0. The Balaban J connectivity index is 1.04. The van der Waals surface area contributed by atoms with Gasteiger partial charge in [-0.15, -0.1) is 0 Å². The molecule has 1 atom stereocenters. The van der Waals surface area contributed by atoms with Crippen molar-refractivity contribution in [3.63, 3.8) is 0 Å². The summed E-state index contributed by atoms with van der Waals surface area (Å²) in [5.74, 6) is 2.00. The Kier molecular flexibility index (Phi) is 7.66. The molecule has 0 fully saturated rings. The Hall–Kier alpha value is -8.15. The summed E-state index contributed by atoms with van der Waals surface area (Å²) in [6.45, 7) is 0. The maximum Gasteiger partial charge on any atom is 0.164 e.